The minimum atomic E-state index is -0.944. The number of unbranched alkanes of at least 4 members (excludes halogenated alkanes) is 4. The number of carboxylic acids is 1. The van der Waals surface area contributed by atoms with Crippen molar-refractivity contribution in [2.45, 2.75) is 72.1 Å². The molecule has 0 aromatic rings. The van der Waals surface area contributed by atoms with Crippen LogP contribution in [0.5, 0.6) is 0 Å². The summed E-state index contributed by atoms with van der Waals surface area (Å²) in [6.07, 6.45) is 9.89. The zero-order valence-electron chi connectivity index (χ0n) is 13.4. The maximum Gasteiger partial charge on any atom is 0.323 e. The molecule has 0 spiro atoms. The van der Waals surface area contributed by atoms with Crippen molar-refractivity contribution in [1.29, 1.82) is 0 Å². The largest absolute Gasteiger partial charge is 0.480 e. The number of hydrogen-bond donors (Lipinski definition) is 1. The SMILES string of the molecule is CCCCCCC(C)(CCCC)CN(C=O)CC(=O)O. The molecular formula is C16H31NO3. The van der Waals surface area contributed by atoms with Gasteiger partial charge in [0.2, 0.25) is 6.41 Å². The van der Waals surface area contributed by atoms with Gasteiger partial charge >= 0.3 is 5.97 Å². The van der Waals surface area contributed by atoms with E-state index in [0.717, 1.165) is 32.1 Å². The van der Waals surface area contributed by atoms with Crippen LogP contribution in [0.1, 0.15) is 72.1 Å². The molecule has 1 atom stereocenters. The maximum atomic E-state index is 11.0. The van der Waals surface area contributed by atoms with Crippen molar-refractivity contribution in [2.75, 3.05) is 13.1 Å². The van der Waals surface area contributed by atoms with Crippen molar-refractivity contribution in [3.8, 4) is 0 Å². The minimum absolute atomic E-state index is 0.0418. The smallest absolute Gasteiger partial charge is 0.323 e. The molecule has 0 aromatic heterocycles. The first-order valence-corrected chi connectivity index (χ1v) is 7.88. The molecule has 0 aliphatic carbocycles. The van der Waals surface area contributed by atoms with Crippen LogP contribution in [0.2, 0.25) is 0 Å². The predicted octanol–water partition coefficient (Wildman–Crippen LogP) is 3.70. The molecule has 0 fully saturated rings. The Labute approximate surface area is 123 Å². The second-order valence-electron chi connectivity index (χ2n) is 6.13. The molecule has 0 aromatic carbocycles. The standard InChI is InChI=1S/C16H31NO3/c1-4-6-8-9-11-16(3,10-7-5-2)13-17(14-18)12-15(19)20/h14H,4-13H2,1-3H3,(H,19,20). The number of carboxylic acid groups (broad SMARTS) is 1. The van der Waals surface area contributed by atoms with E-state index in [9.17, 15) is 9.59 Å². The maximum absolute atomic E-state index is 11.0. The second kappa shape index (κ2) is 10.7. The monoisotopic (exact) mass is 285 g/mol. The number of carbonyl (C=O) groups is 2. The highest BCUT2D eigenvalue weighted by molar-refractivity contribution is 5.71. The van der Waals surface area contributed by atoms with Crippen molar-refractivity contribution in [3.63, 3.8) is 0 Å². The molecule has 0 radical (unpaired) electrons. The van der Waals surface area contributed by atoms with Crippen molar-refractivity contribution in [1.82, 2.24) is 4.90 Å². The van der Waals surface area contributed by atoms with Crippen LogP contribution >= 0.6 is 0 Å². The molecular weight excluding hydrogens is 254 g/mol. The van der Waals surface area contributed by atoms with Crippen LogP contribution in [0.25, 0.3) is 0 Å². The third kappa shape index (κ3) is 8.94. The van der Waals surface area contributed by atoms with E-state index in [1.54, 1.807) is 0 Å². The number of carbonyl (C=O) groups excluding carboxylic acids is 1. The highest BCUT2D eigenvalue weighted by atomic mass is 16.4. The Bertz CT molecular complexity index is 281. The third-order valence-electron chi connectivity index (χ3n) is 3.84. The second-order valence-corrected chi connectivity index (χ2v) is 6.13. The van der Waals surface area contributed by atoms with Gasteiger partial charge in [0.15, 0.2) is 0 Å². The average Bonchev–Trinajstić information content (AvgIpc) is 2.40. The first-order valence-electron chi connectivity index (χ1n) is 7.88. The van der Waals surface area contributed by atoms with Gasteiger partial charge < -0.3 is 10.0 Å². The van der Waals surface area contributed by atoms with Crippen LogP contribution < -0.4 is 0 Å². The minimum Gasteiger partial charge on any atom is -0.480 e. The van der Waals surface area contributed by atoms with E-state index in [1.165, 1.54) is 24.2 Å². The van der Waals surface area contributed by atoms with Gasteiger partial charge in [-0.25, -0.2) is 0 Å². The van der Waals surface area contributed by atoms with Gasteiger partial charge in [0.05, 0.1) is 0 Å². The van der Waals surface area contributed by atoms with Crippen LogP contribution in [-0.2, 0) is 9.59 Å². The molecule has 0 saturated heterocycles. The molecule has 1 N–H and O–H groups in total. The summed E-state index contributed by atoms with van der Waals surface area (Å²) in [5, 5.41) is 8.83. The lowest BCUT2D eigenvalue weighted by atomic mass is 9.79. The fraction of sp³-hybridized carbons (Fsp3) is 0.875. The van der Waals surface area contributed by atoms with Crippen LogP contribution in [0.4, 0.5) is 0 Å². The number of hydrogen-bond acceptors (Lipinski definition) is 2. The molecule has 118 valence electrons. The molecule has 0 heterocycles. The van der Waals surface area contributed by atoms with Crippen LogP contribution in [0, 0.1) is 5.41 Å². The molecule has 1 unspecified atom stereocenters. The number of amides is 1. The molecule has 0 bridgehead atoms. The Hall–Kier alpha value is -1.06. The van der Waals surface area contributed by atoms with Gasteiger partial charge in [0.25, 0.3) is 0 Å². The van der Waals surface area contributed by atoms with E-state index in [1.807, 2.05) is 0 Å². The molecule has 0 aliphatic rings. The van der Waals surface area contributed by atoms with E-state index in [0.29, 0.717) is 13.0 Å². The number of aliphatic carboxylic acids is 1. The van der Waals surface area contributed by atoms with E-state index >= 15 is 0 Å². The third-order valence-corrected chi connectivity index (χ3v) is 3.84. The Morgan fingerprint density at radius 3 is 2.20 bits per heavy atom. The van der Waals surface area contributed by atoms with Crippen LogP contribution in [-0.4, -0.2) is 35.5 Å². The Kier molecular flexibility index (Phi) is 10.1. The molecule has 0 saturated carbocycles. The van der Waals surface area contributed by atoms with Crippen molar-refractivity contribution in [3.05, 3.63) is 0 Å². The molecule has 0 aliphatic heterocycles. The van der Waals surface area contributed by atoms with Gasteiger partial charge in [0, 0.05) is 6.54 Å². The highest BCUT2D eigenvalue weighted by Crippen LogP contribution is 2.31. The molecule has 4 nitrogen and oxygen atoms in total. The van der Waals surface area contributed by atoms with E-state index < -0.39 is 5.97 Å². The number of rotatable bonds is 13. The van der Waals surface area contributed by atoms with Gasteiger partial charge in [0.1, 0.15) is 6.54 Å². The number of nitrogens with zero attached hydrogens (tertiary/aromatic N) is 1. The topological polar surface area (TPSA) is 57.6 Å². The summed E-state index contributed by atoms with van der Waals surface area (Å²) in [6, 6.07) is 0. The molecule has 20 heavy (non-hydrogen) atoms. The van der Waals surface area contributed by atoms with Gasteiger partial charge in [-0.3, -0.25) is 9.59 Å². The van der Waals surface area contributed by atoms with Crippen LogP contribution in [0.3, 0.4) is 0 Å². The highest BCUT2D eigenvalue weighted by Gasteiger charge is 2.26. The quantitative estimate of drug-likeness (QED) is 0.414. The first-order chi connectivity index (χ1) is 9.47. The fourth-order valence-corrected chi connectivity index (χ4v) is 2.66. The van der Waals surface area contributed by atoms with Crippen LogP contribution in [0.15, 0.2) is 0 Å². The summed E-state index contributed by atoms with van der Waals surface area (Å²) in [5.74, 6) is -0.944. The van der Waals surface area contributed by atoms with Gasteiger partial charge in [-0.1, -0.05) is 59.3 Å². The summed E-state index contributed by atoms with van der Waals surface area (Å²) < 4.78 is 0. The normalized spacial score (nSPS) is 13.8. The summed E-state index contributed by atoms with van der Waals surface area (Å²) in [7, 11) is 0. The summed E-state index contributed by atoms with van der Waals surface area (Å²) in [4.78, 5) is 23.2. The lowest BCUT2D eigenvalue weighted by molar-refractivity contribution is -0.141. The Morgan fingerprint density at radius 2 is 1.70 bits per heavy atom. The Morgan fingerprint density at radius 1 is 1.10 bits per heavy atom. The zero-order valence-corrected chi connectivity index (χ0v) is 13.4. The predicted molar refractivity (Wildman–Crippen MR) is 81.7 cm³/mol. The zero-order chi connectivity index (χ0) is 15.4. The average molecular weight is 285 g/mol. The molecule has 0 rings (SSSR count). The van der Waals surface area contributed by atoms with E-state index in [4.69, 9.17) is 5.11 Å². The summed E-state index contributed by atoms with van der Waals surface area (Å²) in [5.41, 5.74) is 0.0418. The van der Waals surface area contributed by atoms with Crippen molar-refractivity contribution >= 4 is 12.4 Å². The van der Waals surface area contributed by atoms with Crippen molar-refractivity contribution in [2.24, 2.45) is 5.41 Å². The lowest BCUT2D eigenvalue weighted by Crippen LogP contribution is -2.38. The summed E-state index contributed by atoms with van der Waals surface area (Å²) >= 11 is 0. The van der Waals surface area contributed by atoms with Gasteiger partial charge in [-0.2, -0.15) is 0 Å². The van der Waals surface area contributed by atoms with E-state index in [-0.39, 0.29) is 12.0 Å². The lowest BCUT2D eigenvalue weighted by Gasteiger charge is -2.33. The molecule has 4 heteroatoms. The first kappa shape index (κ1) is 18.9. The van der Waals surface area contributed by atoms with Gasteiger partial charge in [-0.15, -0.1) is 0 Å². The van der Waals surface area contributed by atoms with Gasteiger partial charge in [-0.05, 0) is 18.3 Å². The van der Waals surface area contributed by atoms with Crippen molar-refractivity contribution < 1.29 is 14.7 Å². The summed E-state index contributed by atoms with van der Waals surface area (Å²) in [6.45, 7) is 6.89. The Balaban J connectivity index is 4.48. The molecule has 1 amide bonds. The van der Waals surface area contributed by atoms with E-state index in [2.05, 4.69) is 20.8 Å². The fourth-order valence-electron chi connectivity index (χ4n) is 2.66.